The summed E-state index contributed by atoms with van der Waals surface area (Å²) in [6.07, 6.45) is 3.03. The number of benzene rings is 1. The average molecular weight is 293 g/mol. The lowest BCUT2D eigenvalue weighted by atomic mass is 10.1. The van der Waals surface area contributed by atoms with Gasteiger partial charge in [0.15, 0.2) is 0 Å². The van der Waals surface area contributed by atoms with E-state index in [1.54, 1.807) is 19.1 Å². The summed E-state index contributed by atoms with van der Waals surface area (Å²) >= 11 is 5.84. The third-order valence-electron chi connectivity index (χ3n) is 2.68. The number of pyridine rings is 1. The van der Waals surface area contributed by atoms with Crippen molar-refractivity contribution in [2.75, 3.05) is 12.8 Å². The topological polar surface area (TPSA) is 74.4 Å². The predicted molar refractivity (Wildman–Crippen MR) is 76.3 cm³/mol. The minimum atomic E-state index is -0.514. The third kappa shape index (κ3) is 3.00. The summed E-state index contributed by atoms with van der Waals surface area (Å²) in [4.78, 5) is 15.6. The summed E-state index contributed by atoms with van der Waals surface area (Å²) in [5.74, 6) is 0.416. The van der Waals surface area contributed by atoms with Gasteiger partial charge in [0.25, 0.3) is 0 Å². The van der Waals surface area contributed by atoms with Crippen molar-refractivity contribution >= 4 is 23.3 Å². The number of halogens is 1. The maximum atomic E-state index is 11.7. The first kappa shape index (κ1) is 14.1. The average Bonchev–Trinajstić information content (AvgIpc) is 2.42. The van der Waals surface area contributed by atoms with E-state index in [0.29, 0.717) is 22.2 Å². The van der Waals surface area contributed by atoms with Crippen LogP contribution in [-0.2, 0) is 4.74 Å². The Morgan fingerprint density at radius 2 is 2.00 bits per heavy atom. The van der Waals surface area contributed by atoms with Gasteiger partial charge in [-0.2, -0.15) is 0 Å². The van der Waals surface area contributed by atoms with Crippen molar-refractivity contribution in [2.24, 2.45) is 0 Å². The summed E-state index contributed by atoms with van der Waals surface area (Å²) in [6.45, 7) is 1.78. The Morgan fingerprint density at radius 3 is 2.65 bits per heavy atom. The summed E-state index contributed by atoms with van der Waals surface area (Å²) in [7, 11) is 1.30. The van der Waals surface area contributed by atoms with E-state index in [4.69, 9.17) is 22.1 Å². The third-order valence-corrected chi connectivity index (χ3v) is 2.89. The molecule has 0 saturated carbocycles. The Kier molecular flexibility index (Phi) is 4.10. The molecule has 0 bridgehead atoms. The fourth-order valence-corrected chi connectivity index (χ4v) is 1.85. The number of carbonyl (C=O) groups is 1. The maximum Gasteiger partial charge on any atom is 0.340 e. The number of ether oxygens (including phenoxy) is 2. The van der Waals surface area contributed by atoms with Gasteiger partial charge in [0.05, 0.1) is 23.9 Å². The quantitative estimate of drug-likeness (QED) is 0.694. The zero-order valence-corrected chi connectivity index (χ0v) is 11.8. The lowest BCUT2D eigenvalue weighted by molar-refractivity contribution is 0.0601. The van der Waals surface area contributed by atoms with Gasteiger partial charge in [0.1, 0.15) is 11.5 Å². The molecule has 2 N–H and O–H groups in total. The monoisotopic (exact) mass is 292 g/mol. The summed E-state index contributed by atoms with van der Waals surface area (Å²) < 4.78 is 10.3. The first-order valence-corrected chi connectivity index (χ1v) is 6.16. The van der Waals surface area contributed by atoms with E-state index < -0.39 is 5.97 Å². The highest BCUT2D eigenvalue weighted by Crippen LogP contribution is 2.29. The summed E-state index contributed by atoms with van der Waals surface area (Å²) in [6, 6.07) is 4.87. The number of aryl methyl sites for hydroxylation is 1. The molecule has 0 atom stereocenters. The fourth-order valence-electron chi connectivity index (χ4n) is 1.69. The molecule has 0 saturated heterocycles. The van der Waals surface area contributed by atoms with Crippen LogP contribution in [0.3, 0.4) is 0 Å². The number of nitrogens with two attached hydrogens (primary N) is 1. The first-order valence-electron chi connectivity index (χ1n) is 5.78. The molecule has 5 nitrogen and oxygen atoms in total. The van der Waals surface area contributed by atoms with Gasteiger partial charge in [-0.1, -0.05) is 11.6 Å². The number of esters is 1. The first-order chi connectivity index (χ1) is 9.51. The Hall–Kier alpha value is -2.27. The van der Waals surface area contributed by atoms with Crippen LogP contribution in [0.4, 0.5) is 5.69 Å². The second kappa shape index (κ2) is 5.79. The molecule has 1 heterocycles. The highest BCUT2D eigenvalue weighted by molar-refractivity contribution is 6.30. The van der Waals surface area contributed by atoms with Gasteiger partial charge in [-0.25, -0.2) is 4.79 Å². The lowest BCUT2D eigenvalue weighted by Gasteiger charge is -2.11. The second-order valence-corrected chi connectivity index (χ2v) is 4.57. The van der Waals surface area contributed by atoms with Gasteiger partial charge >= 0.3 is 5.97 Å². The number of nitrogen functional groups attached to an aromatic ring is 1. The van der Waals surface area contributed by atoms with Crippen LogP contribution in [0.15, 0.2) is 30.6 Å². The molecule has 104 valence electrons. The van der Waals surface area contributed by atoms with Gasteiger partial charge in [0, 0.05) is 18.0 Å². The minimum Gasteiger partial charge on any atom is -0.465 e. The SMILES string of the molecule is COC(=O)c1cc(Oc2cncc(Cl)c2)cc(C)c1N. The molecule has 1 aromatic carbocycles. The summed E-state index contributed by atoms with van der Waals surface area (Å²) in [5.41, 5.74) is 7.21. The van der Waals surface area contributed by atoms with E-state index >= 15 is 0 Å². The van der Waals surface area contributed by atoms with Crippen LogP contribution < -0.4 is 10.5 Å². The molecule has 1 aromatic heterocycles. The van der Waals surface area contributed by atoms with Gasteiger partial charge in [0.2, 0.25) is 0 Å². The van der Waals surface area contributed by atoms with Gasteiger partial charge in [-0.05, 0) is 24.6 Å². The Labute approximate surface area is 121 Å². The van der Waals surface area contributed by atoms with E-state index in [-0.39, 0.29) is 5.56 Å². The van der Waals surface area contributed by atoms with Crippen LogP contribution in [-0.4, -0.2) is 18.1 Å². The normalized spacial score (nSPS) is 10.2. The molecule has 0 fully saturated rings. The van der Waals surface area contributed by atoms with Crippen LogP contribution >= 0.6 is 11.6 Å². The van der Waals surface area contributed by atoms with Crippen molar-refractivity contribution in [1.82, 2.24) is 4.98 Å². The Bertz CT molecular complexity index is 659. The van der Waals surface area contributed by atoms with Gasteiger partial charge in [-0.15, -0.1) is 0 Å². The van der Waals surface area contributed by atoms with Crippen molar-refractivity contribution < 1.29 is 14.3 Å². The number of rotatable bonds is 3. The molecule has 6 heteroatoms. The number of hydrogen-bond donors (Lipinski definition) is 1. The van der Waals surface area contributed by atoms with Gasteiger partial charge < -0.3 is 15.2 Å². The lowest BCUT2D eigenvalue weighted by Crippen LogP contribution is -2.07. The highest BCUT2D eigenvalue weighted by atomic mass is 35.5. The molecule has 0 aliphatic carbocycles. The van der Waals surface area contributed by atoms with Crippen LogP contribution in [0, 0.1) is 6.92 Å². The predicted octanol–water partition coefficient (Wildman–Crippen LogP) is 3.20. The second-order valence-electron chi connectivity index (χ2n) is 4.13. The molecule has 2 rings (SSSR count). The number of carbonyl (C=O) groups excluding carboxylic acids is 1. The van der Waals surface area contributed by atoms with E-state index in [0.717, 1.165) is 5.56 Å². The molecular formula is C14H13ClN2O3. The smallest absolute Gasteiger partial charge is 0.340 e. The van der Waals surface area contributed by atoms with Crippen LogP contribution in [0.1, 0.15) is 15.9 Å². The van der Waals surface area contributed by atoms with Crippen molar-refractivity contribution in [3.05, 3.63) is 46.7 Å². The van der Waals surface area contributed by atoms with Crippen LogP contribution in [0.25, 0.3) is 0 Å². The van der Waals surface area contributed by atoms with Crippen LogP contribution in [0.5, 0.6) is 11.5 Å². The van der Waals surface area contributed by atoms with Crippen molar-refractivity contribution in [1.29, 1.82) is 0 Å². The number of methoxy groups -OCH3 is 1. The maximum absolute atomic E-state index is 11.7. The molecule has 0 radical (unpaired) electrons. The molecule has 0 unspecified atom stereocenters. The summed E-state index contributed by atoms with van der Waals surface area (Å²) in [5, 5.41) is 0.461. The largest absolute Gasteiger partial charge is 0.465 e. The Balaban J connectivity index is 2.38. The van der Waals surface area contributed by atoms with E-state index in [1.165, 1.54) is 25.6 Å². The number of anilines is 1. The molecule has 0 aliphatic heterocycles. The van der Waals surface area contributed by atoms with Crippen molar-refractivity contribution in [2.45, 2.75) is 6.92 Å². The van der Waals surface area contributed by atoms with Crippen molar-refractivity contribution in [3.63, 3.8) is 0 Å². The van der Waals surface area contributed by atoms with Gasteiger partial charge in [-0.3, -0.25) is 4.98 Å². The molecule has 2 aromatic rings. The molecule has 0 aliphatic rings. The van der Waals surface area contributed by atoms with E-state index in [9.17, 15) is 4.79 Å². The van der Waals surface area contributed by atoms with E-state index in [1.807, 2.05) is 0 Å². The number of hydrogen-bond acceptors (Lipinski definition) is 5. The minimum absolute atomic E-state index is 0.262. The number of nitrogens with zero attached hydrogens (tertiary/aromatic N) is 1. The van der Waals surface area contributed by atoms with Crippen LogP contribution in [0.2, 0.25) is 5.02 Å². The zero-order valence-electron chi connectivity index (χ0n) is 11.0. The molecule has 0 spiro atoms. The highest BCUT2D eigenvalue weighted by Gasteiger charge is 2.14. The number of aromatic nitrogens is 1. The molecular weight excluding hydrogens is 280 g/mol. The van der Waals surface area contributed by atoms with E-state index in [2.05, 4.69) is 9.72 Å². The Morgan fingerprint density at radius 1 is 1.25 bits per heavy atom. The zero-order chi connectivity index (χ0) is 14.7. The van der Waals surface area contributed by atoms with Crippen molar-refractivity contribution in [3.8, 4) is 11.5 Å². The fraction of sp³-hybridized carbons (Fsp3) is 0.143. The molecule has 20 heavy (non-hydrogen) atoms. The molecule has 0 amide bonds. The standard InChI is InChI=1S/C14H13ClN2O3/c1-8-3-10(5-12(13(8)16)14(18)19-2)20-11-4-9(15)6-17-7-11/h3-7H,16H2,1-2H3.